The molecule has 16 bridgehead atoms. The SMILES string of the molecule is CCC1O[C@@H]2O[C@@H]3C(CC)O[C@H](O[C@@H]4C(O)[C@@H](OC(CC)[C@H]4O)O[C@@H]4C(CC)O[C@H](O[C@@H]5C(CC)O[C@H](O[C@@H]6C(CC)O[C@H](O[C@@H]7C(CC)O[C@H](O[C@@H]8C(CC)O[C@H](O[C@H]1C(O)[C@@H]2O)C(O)[C@H]8O)C(O)[C@H]7O)C(O)[C@H]6O)C(O)[C@H]5O)C(O)[C@H]4O)C(O)[C@H]3O. The van der Waals surface area contributed by atoms with Gasteiger partial charge in [0.1, 0.15) is 146 Å². The summed E-state index contributed by atoms with van der Waals surface area (Å²) in [6.45, 7) is 13.2. The molecular weight excluding hydrogens is 1180 g/mol. The molecule has 0 aromatic heterocycles. The second kappa shape index (κ2) is 30.2. The largest absolute Gasteiger partial charge is 0.388 e. The Morgan fingerprint density at radius 3 is 0.443 bits per heavy atom. The Hall–Kier alpha value is -1.28. The van der Waals surface area contributed by atoms with Gasteiger partial charge in [-0.2, -0.15) is 0 Å². The van der Waals surface area contributed by atoms with Crippen molar-refractivity contribution in [3.63, 3.8) is 0 Å². The fourth-order valence-corrected chi connectivity index (χ4v) is 13.4. The minimum atomic E-state index is -1.98. The average molecular weight is 1280 g/mol. The van der Waals surface area contributed by atoms with Gasteiger partial charge in [-0.25, -0.2) is 0 Å². The molecule has 16 N–H and O–H groups in total. The number of hydrogen-bond acceptors (Lipinski definition) is 32. The molecule has 88 heavy (non-hydrogen) atoms. The van der Waals surface area contributed by atoms with Crippen LogP contribution < -0.4 is 0 Å². The zero-order valence-electron chi connectivity index (χ0n) is 50.4. The summed E-state index contributed by atoms with van der Waals surface area (Å²) in [6.07, 6.45) is -64.2. The Bertz CT molecular complexity index is 2130. The highest BCUT2D eigenvalue weighted by atomic mass is 16.8. The molecule has 26 saturated heterocycles. The molecule has 26 aliphatic rings. The second-order valence-electron chi connectivity index (χ2n) is 24.3. The van der Waals surface area contributed by atoms with Gasteiger partial charge >= 0.3 is 0 Å². The van der Waals surface area contributed by atoms with E-state index in [1.54, 1.807) is 55.4 Å². The lowest BCUT2D eigenvalue weighted by Gasteiger charge is -2.50. The molecule has 0 aromatic rings. The molecule has 0 spiro atoms. The van der Waals surface area contributed by atoms with E-state index in [0.29, 0.717) is 0 Å². The monoisotopic (exact) mass is 1280 g/mol. The molecule has 26 rings (SSSR count). The van der Waals surface area contributed by atoms with Gasteiger partial charge in [-0.1, -0.05) is 55.4 Å². The minimum Gasteiger partial charge on any atom is -0.388 e. The van der Waals surface area contributed by atoms with Gasteiger partial charge in [-0.3, -0.25) is 0 Å². The molecule has 0 aliphatic carbocycles. The van der Waals surface area contributed by atoms with Crippen LogP contribution in [0.2, 0.25) is 0 Å². The summed E-state index contributed by atoms with van der Waals surface area (Å²) in [6, 6.07) is 0. The summed E-state index contributed by atoms with van der Waals surface area (Å²) in [5.74, 6) is 0. The van der Waals surface area contributed by atoms with E-state index in [1.165, 1.54) is 0 Å². The Labute approximate surface area is 508 Å². The summed E-state index contributed by atoms with van der Waals surface area (Å²) < 4.78 is 97.9. The second-order valence-corrected chi connectivity index (χ2v) is 24.3. The quantitative estimate of drug-likeness (QED) is 0.108. The average Bonchev–Trinajstić information content (AvgIpc) is 2.52. The van der Waals surface area contributed by atoms with Crippen molar-refractivity contribution in [2.75, 3.05) is 0 Å². The number of hydrogen-bond donors (Lipinski definition) is 16. The van der Waals surface area contributed by atoms with Crippen LogP contribution in [0, 0.1) is 0 Å². The molecule has 32 heteroatoms. The zero-order valence-corrected chi connectivity index (χ0v) is 50.4. The van der Waals surface area contributed by atoms with E-state index in [1.807, 2.05) is 0 Å². The van der Waals surface area contributed by atoms with Crippen LogP contribution in [0.15, 0.2) is 0 Å². The lowest BCUT2D eigenvalue weighted by atomic mass is 9.93. The standard InChI is InChI=1S/C56H96O32/c1-9-17-25(57)48-40(72)56(73-17)87-47-24(16-8)79-54(38(70)31(47)63)85-45-22(14-6)77-52(36(68)29(45)61)83-43-20(12-4)75-50(34(66)27(43)59)81-41-18(10-2)74-49(33(65)26(41)58)82-42-19(11-3)76-51(35(67)28(42)60)84-44-21(13-5)78-53(37(69)30(44)62)86-46-23(15-7)80-55(88-48)39(71)32(46)64/h17-72H,9-16H2,1-8H3/t17?,18?,19?,20?,21?,22?,23?,24?,25-,26-,27-,28-,29-,30?,31-,32-,33?,34?,35?,36?,37+,38?,39?,40?,41-,42-,43-,44-,45-,46-,47-,48+,49-,50-,51-,52-,53-,54-,55-,56+/m1/s1. The van der Waals surface area contributed by atoms with Crippen molar-refractivity contribution in [1.82, 2.24) is 0 Å². The van der Waals surface area contributed by atoms with Crippen molar-refractivity contribution in [2.45, 2.75) is 352 Å². The lowest BCUT2D eigenvalue weighted by Crippen LogP contribution is -2.67. The highest BCUT2D eigenvalue weighted by Gasteiger charge is 2.60. The van der Waals surface area contributed by atoms with Crippen LogP contribution in [0.1, 0.15) is 107 Å². The van der Waals surface area contributed by atoms with Crippen molar-refractivity contribution in [3.05, 3.63) is 0 Å². The molecule has 0 amide bonds. The Balaban J connectivity index is 0.990. The van der Waals surface area contributed by atoms with Crippen LogP contribution in [0.3, 0.4) is 0 Å². The molecule has 0 saturated carbocycles. The van der Waals surface area contributed by atoms with E-state index in [2.05, 4.69) is 0 Å². The Morgan fingerprint density at radius 2 is 0.284 bits per heavy atom. The van der Waals surface area contributed by atoms with Gasteiger partial charge in [0.15, 0.2) is 50.3 Å². The van der Waals surface area contributed by atoms with Gasteiger partial charge < -0.3 is 157 Å². The molecule has 26 aliphatic heterocycles. The summed E-state index contributed by atoms with van der Waals surface area (Å²) >= 11 is 0. The highest BCUT2D eigenvalue weighted by Crippen LogP contribution is 2.41. The molecule has 16 unspecified atom stereocenters. The molecular formula is C56H96O32. The van der Waals surface area contributed by atoms with Crippen LogP contribution in [0.4, 0.5) is 0 Å². The topological polar surface area (TPSA) is 471 Å². The summed E-state index contributed by atoms with van der Waals surface area (Å²) in [5.41, 5.74) is 0. The van der Waals surface area contributed by atoms with Crippen molar-refractivity contribution >= 4 is 0 Å². The van der Waals surface area contributed by atoms with E-state index in [0.717, 1.165) is 0 Å². The summed E-state index contributed by atoms with van der Waals surface area (Å²) in [4.78, 5) is 0. The predicted octanol–water partition coefficient (Wildman–Crippen LogP) is -6.06. The highest BCUT2D eigenvalue weighted by molar-refractivity contribution is 5.02. The van der Waals surface area contributed by atoms with Crippen molar-refractivity contribution < 1.29 is 157 Å². The van der Waals surface area contributed by atoms with E-state index in [4.69, 9.17) is 75.8 Å². The number of rotatable bonds is 8. The smallest absolute Gasteiger partial charge is 0.187 e. The maximum atomic E-state index is 11.9. The molecule has 0 radical (unpaired) electrons. The maximum Gasteiger partial charge on any atom is 0.187 e. The number of ether oxygens (including phenoxy) is 16. The predicted molar refractivity (Wildman–Crippen MR) is 287 cm³/mol. The third kappa shape index (κ3) is 13.9. The van der Waals surface area contributed by atoms with Crippen molar-refractivity contribution in [1.29, 1.82) is 0 Å². The van der Waals surface area contributed by atoms with Crippen LogP contribution in [0.5, 0.6) is 0 Å². The molecule has 26 fully saturated rings. The first-order valence-electron chi connectivity index (χ1n) is 31.3. The molecule has 512 valence electrons. The third-order valence-electron chi connectivity index (χ3n) is 18.7. The van der Waals surface area contributed by atoms with Crippen LogP contribution >= 0.6 is 0 Å². The van der Waals surface area contributed by atoms with Crippen LogP contribution in [-0.4, -0.2) is 327 Å². The molecule has 26 heterocycles. The van der Waals surface area contributed by atoms with Crippen molar-refractivity contribution in [3.8, 4) is 0 Å². The maximum absolute atomic E-state index is 11.9. The first kappa shape index (κ1) is 71.0. The lowest BCUT2D eigenvalue weighted by molar-refractivity contribution is -0.396. The van der Waals surface area contributed by atoms with Crippen molar-refractivity contribution in [2.24, 2.45) is 0 Å². The fraction of sp³-hybridized carbons (Fsp3) is 1.00. The van der Waals surface area contributed by atoms with E-state index >= 15 is 0 Å². The number of aliphatic hydroxyl groups is 16. The zero-order chi connectivity index (χ0) is 64.1. The fourth-order valence-electron chi connectivity index (χ4n) is 13.4. The van der Waals surface area contributed by atoms with Gasteiger partial charge in [0, 0.05) is 0 Å². The van der Waals surface area contributed by atoms with E-state index in [9.17, 15) is 81.7 Å². The van der Waals surface area contributed by atoms with Crippen LogP contribution in [0.25, 0.3) is 0 Å². The summed E-state index contributed by atoms with van der Waals surface area (Å²) in [5, 5.41) is 186. The Morgan fingerprint density at radius 1 is 0.148 bits per heavy atom. The third-order valence-corrected chi connectivity index (χ3v) is 18.7. The van der Waals surface area contributed by atoms with E-state index < -0.39 is 246 Å². The van der Waals surface area contributed by atoms with E-state index in [-0.39, 0.29) is 51.4 Å². The minimum absolute atomic E-state index is 0.0615. The van der Waals surface area contributed by atoms with Gasteiger partial charge in [0.25, 0.3) is 0 Å². The van der Waals surface area contributed by atoms with Gasteiger partial charge in [0.2, 0.25) is 0 Å². The van der Waals surface area contributed by atoms with Gasteiger partial charge in [0.05, 0.1) is 48.8 Å². The Kier molecular flexibility index (Phi) is 24.4. The first-order chi connectivity index (χ1) is 41.9. The molecule has 0 aromatic carbocycles. The van der Waals surface area contributed by atoms with Crippen LogP contribution in [-0.2, 0) is 75.8 Å². The van der Waals surface area contributed by atoms with Gasteiger partial charge in [-0.15, -0.1) is 0 Å². The first-order valence-corrected chi connectivity index (χ1v) is 31.3. The van der Waals surface area contributed by atoms with Gasteiger partial charge in [-0.05, 0) is 51.4 Å². The molecule has 40 atom stereocenters. The molecule has 32 nitrogen and oxygen atoms in total. The normalized spacial score (nSPS) is 55.4. The summed E-state index contributed by atoms with van der Waals surface area (Å²) in [7, 11) is 0. The number of aliphatic hydroxyl groups excluding tert-OH is 16.